The van der Waals surface area contributed by atoms with Gasteiger partial charge in [-0.1, -0.05) is 359 Å². The van der Waals surface area contributed by atoms with Crippen LogP contribution < -0.4 is 68.4 Å². The van der Waals surface area contributed by atoms with Crippen molar-refractivity contribution in [3.63, 3.8) is 0 Å². The fraction of sp³-hybridized carbons (Fsp3) is 0.968. The fourth-order valence-corrected chi connectivity index (χ4v) is 17.9. The maximum absolute atomic E-state index is 9.32. The van der Waals surface area contributed by atoms with Crippen molar-refractivity contribution < 1.29 is 119 Å². The van der Waals surface area contributed by atoms with Crippen molar-refractivity contribution in [2.75, 3.05) is 110 Å². The molecule has 0 aromatic rings. The summed E-state index contributed by atoms with van der Waals surface area (Å²) in [6.07, 6.45) is 94.2. The summed E-state index contributed by atoms with van der Waals surface area (Å²) in [4.78, 5) is 12.8. The van der Waals surface area contributed by atoms with Crippen molar-refractivity contribution >= 4 is 53.7 Å². The van der Waals surface area contributed by atoms with Crippen LogP contribution in [0.4, 0.5) is 0 Å². The molecule has 20 heteroatoms. The minimum atomic E-state index is -3.92. The molecule has 0 saturated carbocycles. The summed E-state index contributed by atoms with van der Waals surface area (Å²) in [6.45, 7) is 21.1. The summed E-state index contributed by atoms with van der Waals surface area (Å²) < 4.78 is 59.9. The van der Waals surface area contributed by atoms with Gasteiger partial charge in [0.2, 0.25) is 11.7 Å². The average Bonchev–Trinajstić information content (AvgIpc) is 1.79. The van der Waals surface area contributed by atoms with Gasteiger partial charge in [0, 0.05) is 88.9 Å². The summed E-state index contributed by atoms with van der Waals surface area (Å²) in [5.74, 6) is 7.15. The number of hydrogen-bond donors (Lipinski definition) is 3. The second kappa shape index (κ2) is 86.2. The van der Waals surface area contributed by atoms with Crippen molar-refractivity contribution in [3.8, 4) is 0 Å². The van der Waals surface area contributed by atoms with E-state index in [1.807, 2.05) is 0 Å². The summed E-state index contributed by atoms with van der Waals surface area (Å²) in [5.41, 5.74) is 0. The molecule has 0 radical (unpaired) electrons. The van der Waals surface area contributed by atoms with E-state index in [2.05, 4.69) is 60.6 Å². The standard InChI is InChI=1S/2C30H59N2O.C27H52N2.C3H7BrO.2CH4O3S.CH4.BrH.K/c2*1-2-3-4-5-6-7-8-9-10-11-12-13-14-15-16-17-22-29-23-18-19-24-31-25-20-26-32(30(29)31)27-21-28-33;1-2-3-4-5-6-7-8-9-10-11-12-13-14-15-16-17-21-26-22-18-19-24-29-25-20-23-28-27(26)29;4-2-1-3-5;2*1-5(2,3)4;;;/h2*29,33H,2-28H2,1H3;26H,2-25H2,1H3;5H,1-3H2;2*1H3,(H,2,3,4);1H4;1H;/q2*+1;;;;;;;+1/p-3. The first-order chi connectivity index (χ1) is 53.6. The molecule has 3 atom stereocenters. The quantitative estimate of drug-likeness (QED) is 0.0171. The molecule has 3 N–H and O–H groups in total. The zero-order valence-corrected chi connectivity index (χ0v) is 82.5. The molecule has 15 nitrogen and oxygen atoms in total. The molecule has 1 saturated heterocycles. The van der Waals surface area contributed by atoms with E-state index in [0.717, 1.165) is 62.0 Å². The van der Waals surface area contributed by atoms with E-state index in [-0.39, 0.29) is 75.8 Å². The smallest absolute Gasteiger partial charge is 1.00 e. The number of halogens is 2. The molecular formula is C93H187Br2KN6O9S2. The van der Waals surface area contributed by atoms with Crippen molar-refractivity contribution in [1.82, 2.24) is 14.7 Å². The number of aliphatic imine (C=N–C) groups is 1. The van der Waals surface area contributed by atoms with E-state index in [9.17, 15) is 10.2 Å². The third kappa shape index (κ3) is 73.9. The maximum atomic E-state index is 9.32. The molecule has 0 bridgehead atoms. The molecule has 0 amide bonds. The Balaban J connectivity index is -0.00000145. The van der Waals surface area contributed by atoms with Crippen molar-refractivity contribution in [2.24, 2.45) is 22.7 Å². The van der Waals surface area contributed by atoms with Crippen molar-refractivity contribution in [1.29, 1.82) is 0 Å². The van der Waals surface area contributed by atoms with Crippen LogP contribution in [-0.4, -0.2) is 192 Å². The van der Waals surface area contributed by atoms with E-state index < -0.39 is 20.2 Å². The second-order valence-electron chi connectivity index (χ2n) is 34.1. The van der Waals surface area contributed by atoms with Crippen LogP contribution in [0.15, 0.2) is 4.99 Å². The maximum Gasteiger partial charge on any atom is 1.00 e. The van der Waals surface area contributed by atoms with Gasteiger partial charge in [-0.2, -0.15) is 0 Å². The molecule has 3 unspecified atom stereocenters. The predicted octanol–water partition coefficient (Wildman–Crippen LogP) is 18.1. The zero-order valence-electron chi connectivity index (χ0n) is 74.6. The Bertz CT molecular complexity index is 2230. The van der Waals surface area contributed by atoms with Crippen LogP contribution in [0.3, 0.4) is 0 Å². The van der Waals surface area contributed by atoms with E-state index in [0.29, 0.717) is 32.3 Å². The SMILES string of the molecule is C.CCCCCCCCCCCCCCCCCCC1CCCCN2CCCN=C12.CCCCCCCCCCCCCCCCCCC1CCCC[N+]2=C1N(CCCO)CCC2.CCCCCCCCCCCCCCCCCCC1CCCC[N+]2=C1N(CCCO)CCC2.CS(=O)(=O)[O-].CS(=O)(=O)[O-].OCCCBr.[Br-].[K+]. The van der Waals surface area contributed by atoms with Crippen LogP contribution in [0.2, 0.25) is 0 Å². The molecular weight excluding hydrogens is 1610 g/mol. The number of rotatable bonds is 59. The number of amidine groups is 3. The number of aliphatic hydroxyl groups excluding tert-OH is 3. The van der Waals surface area contributed by atoms with Gasteiger partial charge in [0.1, 0.15) is 5.84 Å². The van der Waals surface area contributed by atoms with Gasteiger partial charge in [-0.05, 0) is 83.5 Å². The Kier molecular flexibility index (Phi) is 89.9. The van der Waals surface area contributed by atoms with Gasteiger partial charge in [0.15, 0.2) is 0 Å². The molecule has 6 heterocycles. The third-order valence-electron chi connectivity index (χ3n) is 23.7. The van der Waals surface area contributed by atoms with Gasteiger partial charge < -0.3 is 46.3 Å². The van der Waals surface area contributed by atoms with Crippen LogP contribution >= 0.6 is 15.9 Å². The van der Waals surface area contributed by atoms with Crippen molar-refractivity contribution in [2.45, 2.75) is 452 Å². The Morgan fingerprint density at radius 1 is 0.363 bits per heavy atom. The zero-order chi connectivity index (χ0) is 80.3. The number of nitrogens with zero attached hydrogens (tertiary/aromatic N) is 6. The van der Waals surface area contributed by atoms with Gasteiger partial charge in [-0.3, -0.25) is 23.9 Å². The van der Waals surface area contributed by atoms with Gasteiger partial charge >= 0.3 is 51.4 Å². The third-order valence-corrected chi connectivity index (χ3v) is 24.2. The monoisotopic (exact) mass is 1790 g/mol. The number of alkyl halides is 1. The van der Waals surface area contributed by atoms with E-state index >= 15 is 0 Å². The van der Waals surface area contributed by atoms with Crippen LogP contribution in [0.25, 0.3) is 0 Å². The fourth-order valence-electron chi connectivity index (χ4n) is 17.7. The molecule has 6 rings (SSSR count). The molecule has 670 valence electrons. The molecule has 6 aliphatic heterocycles. The molecule has 0 aromatic heterocycles. The number of fused-ring (bicyclic) bond motifs is 1. The number of hydrogen-bond acceptors (Lipinski definition) is 13. The summed E-state index contributed by atoms with van der Waals surface area (Å²) >= 11 is 3.15. The van der Waals surface area contributed by atoms with Gasteiger partial charge in [-0.15, -0.1) is 0 Å². The predicted molar refractivity (Wildman–Crippen MR) is 482 cm³/mol. The van der Waals surface area contributed by atoms with E-state index in [4.69, 9.17) is 36.0 Å². The normalized spacial score (nSPS) is 17.6. The Hall–Kier alpha value is 0.706. The molecule has 0 aromatic carbocycles. The van der Waals surface area contributed by atoms with E-state index in [1.54, 1.807) is 11.7 Å². The molecule has 6 aliphatic rings. The first-order valence-corrected chi connectivity index (χ1v) is 52.5. The molecule has 113 heavy (non-hydrogen) atoms. The summed E-state index contributed by atoms with van der Waals surface area (Å²) in [6, 6.07) is 0. The van der Waals surface area contributed by atoms with Crippen LogP contribution in [-0.2, 0) is 20.2 Å². The van der Waals surface area contributed by atoms with Crippen LogP contribution in [0.1, 0.15) is 452 Å². The van der Waals surface area contributed by atoms with E-state index in [1.165, 1.54) is 463 Å². The average molecular weight is 1800 g/mol. The topological polar surface area (TPSA) is 203 Å². The van der Waals surface area contributed by atoms with Crippen LogP contribution in [0.5, 0.6) is 0 Å². The minimum absolute atomic E-state index is 0. The Morgan fingerprint density at radius 3 is 0.885 bits per heavy atom. The first-order valence-electron chi connectivity index (χ1n) is 47.8. The molecule has 1 fully saturated rings. The number of aliphatic hydroxyl groups is 3. The minimum Gasteiger partial charge on any atom is -1.00 e. The van der Waals surface area contributed by atoms with Gasteiger partial charge in [-0.25, -0.2) is 16.8 Å². The Labute approximate surface area is 764 Å². The first kappa shape index (κ1) is 118. The van der Waals surface area contributed by atoms with Gasteiger partial charge in [0.25, 0.3) is 0 Å². The van der Waals surface area contributed by atoms with Crippen LogP contribution in [0, 0.1) is 17.8 Å². The Morgan fingerprint density at radius 2 is 0.611 bits per heavy atom. The summed E-state index contributed by atoms with van der Waals surface area (Å²) in [7, 11) is -7.83. The second-order valence-corrected chi connectivity index (χ2v) is 37.7. The van der Waals surface area contributed by atoms with Crippen molar-refractivity contribution in [3.05, 3.63) is 0 Å². The van der Waals surface area contributed by atoms with Gasteiger partial charge in [0.05, 0.1) is 84.4 Å². The molecule has 0 spiro atoms. The number of unbranched alkanes of at least 4 members (excludes halogenated alkanes) is 45. The largest absolute Gasteiger partial charge is 1.00 e. The molecule has 0 aliphatic carbocycles. The summed E-state index contributed by atoms with van der Waals surface area (Å²) in [5, 5.41) is 27.6.